The van der Waals surface area contributed by atoms with E-state index >= 15 is 0 Å². The van der Waals surface area contributed by atoms with Gasteiger partial charge in [0.15, 0.2) is 0 Å². The molecule has 22 heavy (non-hydrogen) atoms. The molecule has 1 rings (SSSR count). The van der Waals surface area contributed by atoms with Gasteiger partial charge in [-0.1, -0.05) is 25.1 Å². The number of hydrogen-bond acceptors (Lipinski definition) is 3. The number of rotatable bonds is 8. The van der Waals surface area contributed by atoms with Crippen molar-refractivity contribution >= 4 is 11.7 Å². The molecule has 0 aliphatic heterocycles. The molecule has 0 aromatic heterocycles. The number of aliphatic hydroxyl groups is 1. The van der Waals surface area contributed by atoms with E-state index < -0.39 is 0 Å². The van der Waals surface area contributed by atoms with Crippen LogP contribution < -0.4 is 15.5 Å². The number of urea groups is 1. The number of nitrogens with zero attached hydrogens (tertiary/aromatic N) is 1. The van der Waals surface area contributed by atoms with Crippen LogP contribution in [0.25, 0.3) is 0 Å². The number of anilines is 1. The quantitative estimate of drug-likeness (QED) is 0.689. The molecule has 2 amide bonds. The second-order valence-electron chi connectivity index (χ2n) is 5.71. The Hall–Kier alpha value is -1.75. The number of aliphatic hydroxyl groups excluding tert-OH is 1. The summed E-state index contributed by atoms with van der Waals surface area (Å²) in [7, 11) is 0. The maximum Gasteiger partial charge on any atom is 0.315 e. The molecule has 0 saturated carbocycles. The van der Waals surface area contributed by atoms with Gasteiger partial charge in [0, 0.05) is 38.0 Å². The molecule has 0 aliphatic carbocycles. The maximum atomic E-state index is 11.8. The number of nitrogens with one attached hydrogen (secondary N) is 2. The summed E-state index contributed by atoms with van der Waals surface area (Å²) in [6, 6.07) is 8.02. The van der Waals surface area contributed by atoms with Crippen molar-refractivity contribution in [2.75, 3.05) is 31.1 Å². The number of carbonyl (C=O) groups is 1. The molecule has 2 unspecified atom stereocenters. The number of hydrogen-bond donors (Lipinski definition) is 3. The Balaban J connectivity index is 2.42. The van der Waals surface area contributed by atoms with Crippen LogP contribution in [0, 0.1) is 12.8 Å². The zero-order valence-electron chi connectivity index (χ0n) is 14.1. The van der Waals surface area contributed by atoms with Gasteiger partial charge >= 0.3 is 6.03 Å². The Labute approximate surface area is 133 Å². The smallest absolute Gasteiger partial charge is 0.315 e. The van der Waals surface area contributed by atoms with Crippen LogP contribution in [0.4, 0.5) is 10.5 Å². The molecule has 1 aromatic carbocycles. The Kier molecular flexibility index (Phi) is 7.74. The van der Waals surface area contributed by atoms with Crippen molar-refractivity contribution in [3.8, 4) is 0 Å². The van der Waals surface area contributed by atoms with Crippen molar-refractivity contribution in [2.24, 2.45) is 5.92 Å². The van der Waals surface area contributed by atoms with Crippen molar-refractivity contribution in [3.63, 3.8) is 0 Å². The van der Waals surface area contributed by atoms with Crippen LogP contribution in [0.2, 0.25) is 0 Å². The van der Waals surface area contributed by atoms with Gasteiger partial charge in [-0.2, -0.15) is 0 Å². The first-order valence-electron chi connectivity index (χ1n) is 7.95. The topological polar surface area (TPSA) is 64.6 Å². The second-order valence-corrected chi connectivity index (χ2v) is 5.71. The average molecular weight is 307 g/mol. The van der Waals surface area contributed by atoms with Gasteiger partial charge in [-0.25, -0.2) is 4.79 Å². The third kappa shape index (κ3) is 5.56. The van der Waals surface area contributed by atoms with Gasteiger partial charge < -0.3 is 20.6 Å². The summed E-state index contributed by atoms with van der Waals surface area (Å²) in [6.45, 7) is 10.3. The van der Waals surface area contributed by atoms with Gasteiger partial charge in [-0.05, 0) is 38.3 Å². The monoisotopic (exact) mass is 307 g/mol. The van der Waals surface area contributed by atoms with Crippen molar-refractivity contribution < 1.29 is 9.90 Å². The zero-order chi connectivity index (χ0) is 16.5. The van der Waals surface area contributed by atoms with Gasteiger partial charge in [-0.15, -0.1) is 0 Å². The number of para-hydroxylation sites is 1. The Morgan fingerprint density at radius 1 is 1.32 bits per heavy atom. The van der Waals surface area contributed by atoms with E-state index in [4.69, 9.17) is 5.11 Å². The third-order valence-electron chi connectivity index (χ3n) is 4.01. The summed E-state index contributed by atoms with van der Waals surface area (Å²) < 4.78 is 0. The van der Waals surface area contributed by atoms with E-state index in [-0.39, 0.29) is 24.6 Å². The van der Waals surface area contributed by atoms with E-state index in [9.17, 15) is 4.79 Å². The van der Waals surface area contributed by atoms with E-state index in [1.165, 1.54) is 11.3 Å². The molecule has 0 spiro atoms. The van der Waals surface area contributed by atoms with Crippen LogP contribution in [-0.4, -0.2) is 43.4 Å². The van der Waals surface area contributed by atoms with Gasteiger partial charge in [-0.3, -0.25) is 0 Å². The minimum atomic E-state index is -0.186. The van der Waals surface area contributed by atoms with Crippen molar-refractivity contribution in [3.05, 3.63) is 29.8 Å². The van der Waals surface area contributed by atoms with Gasteiger partial charge in [0.25, 0.3) is 0 Å². The van der Waals surface area contributed by atoms with Crippen LogP contribution in [0.1, 0.15) is 26.3 Å². The highest BCUT2D eigenvalue weighted by molar-refractivity contribution is 5.74. The first-order chi connectivity index (χ1) is 10.5. The lowest BCUT2D eigenvalue weighted by Crippen LogP contribution is -2.46. The molecule has 0 saturated heterocycles. The largest absolute Gasteiger partial charge is 0.396 e. The predicted molar refractivity (Wildman–Crippen MR) is 91.3 cm³/mol. The molecule has 0 radical (unpaired) electrons. The minimum Gasteiger partial charge on any atom is -0.396 e. The Bertz CT molecular complexity index is 465. The summed E-state index contributed by atoms with van der Waals surface area (Å²) in [4.78, 5) is 14.1. The number of carbonyl (C=O) groups excluding carboxylic acids is 1. The molecule has 2 atom stereocenters. The molecule has 124 valence electrons. The minimum absolute atomic E-state index is 0.0462. The predicted octanol–water partition coefficient (Wildman–Crippen LogP) is 2.14. The Morgan fingerprint density at radius 2 is 2.00 bits per heavy atom. The number of benzene rings is 1. The zero-order valence-corrected chi connectivity index (χ0v) is 14.1. The second kappa shape index (κ2) is 9.30. The van der Waals surface area contributed by atoms with Gasteiger partial charge in [0.1, 0.15) is 0 Å². The van der Waals surface area contributed by atoms with Crippen LogP contribution >= 0.6 is 0 Å². The van der Waals surface area contributed by atoms with Crippen LogP contribution in [0.5, 0.6) is 0 Å². The lowest BCUT2D eigenvalue weighted by molar-refractivity contribution is 0.200. The highest BCUT2D eigenvalue weighted by atomic mass is 16.3. The van der Waals surface area contributed by atoms with E-state index in [2.05, 4.69) is 41.5 Å². The Morgan fingerprint density at radius 3 is 2.59 bits per heavy atom. The van der Waals surface area contributed by atoms with E-state index in [1.807, 2.05) is 26.0 Å². The maximum absolute atomic E-state index is 11.8. The van der Waals surface area contributed by atoms with Gasteiger partial charge in [0.05, 0.1) is 0 Å². The fraction of sp³-hybridized carbons (Fsp3) is 0.588. The van der Waals surface area contributed by atoms with E-state index in [0.717, 1.165) is 13.1 Å². The summed E-state index contributed by atoms with van der Waals surface area (Å²) >= 11 is 0. The van der Waals surface area contributed by atoms with Gasteiger partial charge in [0.2, 0.25) is 0 Å². The molecule has 1 aromatic rings. The summed E-state index contributed by atoms with van der Waals surface area (Å²) in [6.07, 6.45) is 0. The molecule has 0 bridgehead atoms. The van der Waals surface area contributed by atoms with E-state index in [1.54, 1.807) is 0 Å². The van der Waals surface area contributed by atoms with Crippen molar-refractivity contribution in [1.29, 1.82) is 0 Å². The number of amides is 2. The fourth-order valence-electron chi connectivity index (χ4n) is 2.23. The highest BCUT2D eigenvalue weighted by Crippen LogP contribution is 2.18. The van der Waals surface area contributed by atoms with Crippen molar-refractivity contribution in [2.45, 2.75) is 33.7 Å². The SMILES string of the molecule is CCN(CCNC(=O)NC(C)C(C)CO)c1ccccc1C. The molecule has 0 heterocycles. The summed E-state index contributed by atoms with van der Waals surface area (Å²) in [5.41, 5.74) is 2.44. The van der Waals surface area contributed by atoms with Crippen molar-refractivity contribution in [1.82, 2.24) is 10.6 Å². The molecule has 5 nitrogen and oxygen atoms in total. The van der Waals surface area contributed by atoms with Crippen LogP contribution in [-0.2, 0) is 0 Å². The first kappa shape index (κ1) is 18.3. The molecule has 5 heteroatoms. The molecule has 0 aliphatic rings. The van der Waals surface area contributed by atoms with Crippen LogP contribution in [0.3, 0.4) is 0 Å². The molecular weight excluding hydrogens is 278 g/mol. The molecular formula is C17H29N3O2. The lowest BCUT2D eigenvalue weighted by atomic mass is 10.1. The first-order valence-corrected chi connectivity index (χ1v) is 7.95. The summed E-state index contributed by atoms with van der Waals surface area (Å²) in [5.74, 6) is 0.0462. The normalized spacial score (nSPS) is 13.3. The summed E-state index contributed by atoms with van der Waals surface area (Å²) in [5, 5.41) is 14.8. The molecule has 3 N–H and O–H groups in total. The number of aryl methyl sites for hydroxylation is 1. The standard InChI is InChI=1S/C17H29N3O2/c1-5-20(16-9-7-6-8-13(16)2)11-10-18-17(22)19-15(4)14(3)12-21/h6-9,14-15,21H,5,10-12H2,1-4H3,(H2,18,19,22). The van der Waals surface area contributed by atoms with Crippen LogP contribution in [0.15, 0.2) is 24.3 Å². The number of likely N-dealkylation sites (N-methyl/N-ethyl adjacent to an activating group) is 1. The molecule has 0 fully saturated rings. The highest BCUT2D eigenvalue weighted by Gasteiger charge is 2.13. The third-order valence-corrected chi connectivity index (χ3v) is 4.01. The average Bonchev–Trinajstić information content (AvgIpc) is 2.51. The van der Waals surface area contributed by atoms with E-state index in [0.29, 0.717) is 6.54 Å². The fourth-order valence-corrected chi connectivity index (χ4v) is 2.23. The lowest BCUT2D eigenvalue weighted by Gasteiger charge is -2.25.